The Morgan fingerprint density at radius 1 is 1.03 bits per heavy atom. The summed E-state index contributed by atoms with van der Waals surface area (Å²) in [7, 11) is 1.56. The number of hydrogen-bond donors (Lipinski definition) is 2. The number of amides is 1. The lowest BCUT2D eigenvalue weighted by Crippen LogP contribution is -2.13. The molecule has 0 aliphatic rings. The summed E-state index contributed by atoms with van der Waals surface area (Å²) in [6, 6.07) is 12.6. The van der Waals surface area contributed by atoms with E-state index < -0.39 is 5.97 Å². The Kier molecular flexibility index (Phi) is 7.38. The molecule has 0 unspecified atom stereocenters. The van der Waals surface area contributed by atoms with Crippen LogP contribution in [0.3, 0.4) is 0 Å². The molecule has 1 aromatic heterocycles. The molecule has 0 atom stereocenters. The van der Waals surface area contributed by atoms with Crippen molar-refractivity contribution in [1.82, 2.24) is 0 Å². The van der Waals surface area contributed by atoms with Crippen molar-refractivity contribution in [2.75, 3.05) is 12.4 Å². The predicted octanol–water partition coefficient (Wildman–Crippen LogP) is 6.67. The van der Waals surface area contributed by atoms with Gasteiger partial charge in [-0.3, -0.25) is 4.79 Å². The first kappa shape index (κ1) is 23.2. The van der Waals surface area contributed by atoms with Crippen LogP contribution >= 0.6 is 11.6 Å². The van der Waals surface area contributed by atoms with E-state index in [9.17, 15) is 14.7 Å². The number of methoxy groups -OCH3 is 1. The normalized spacial score (nSPS) is 10.7. The summed E-state index contributed by atoms with van der Waals surface area (Å²) >= 11 is 5.95. The smallest absolute Gasteiger partial charge is 0.374 e. The van der Waals surface area contributed by atoms with Crippen LogP contribution in [0.5, 0.6) is 0 Å². The lowest BCUT2D eigenvalue weighted by atomic mass is 10.0. The highest BCUT2D eigenvalue weighted by atomic mass is 35.5. The van der Waals surface area contributed by atoms with Crippen molar-refractivity contribution < 1.29 is 23.8 Å². The number of allylic oxidation sites excluding steroid dienone is 2. The van der Waals surface area contributed by atoms with Crippen molar-refractivity contribution in [2.45, 2.75) is 25.7 Å². The summed E-state index contributed by atoms with van der Waals surface area (Å²) in [6.07, 6.45) is 1.96. The van der Waals surface area contributed by atoms with Crippen LogP contribution in [0.25, 0.3) is 22.1 Å². The molecule has 6 nitrogen and oxygen atoms in total. The molecule has 0 aliphatic heterocycles. The molecule has 0 spiro atoms. The van der Waals surface area contributed by atoms with E-state index in [1.54, 1.807) is 31.4 Å². The molecule has 7 heteroatoms. The first-order valence-corrected chi connectivity index (χ1v) is 10.4. The van der Waals surface area contributed by atoms with E-state index in [1.807, 2.05) is 18.2 Å². The predicted molar refractivity (Wildman–Crippen MR) is 126 cm³/mol. The largest absolute Gasteiger partial charge is 0.502 e. The third-order valence-electron chi connectivity index (χ3n) is 5.08. The number of rotatable bonds is 10. The van der Waals surface area contributed by atoms with Crippen LogP contribution < -0.4 is 5.32 Å². The SMILES string of the molecule is C=C(CCC(=C)OC)CCC(=O)Nc1c(C(=O)O)oc2cc(-c3ccc(Cl)cc3)ccc12. The zero-order valence-corrected chi connectivity index (χ0v) is 18.5. The molecule has 0 bridgehead atoms. The van der Waals surface area contributed by atoms with Gasteiger partial charge in [0.1, 0.15) is 11.3 Å². The van der Waals surface area contributed by atoms with Gasteiger partial charge in [0.2, 0.25) is 11.7 Å². The Morgan fingerprint density at radius 2 is 1.69 bits per heavy atom. The standard InChI is InChI=1S/C25H24ClNO5/c1-15(4-6-16(2)31-3)5-13-22(28)27-23-20-12-9-18(17-7-10-19(26)11-8-17)14-21(20)32-24(23)25(29)30/h7-12,14H,1-2,4-6,13H2,3H3,(H,27,28)(H,29,30). The number of furan rings is 1. The van der Waals surface area contributed by atoms with Gasteiger partial charge < -0.3 is 19.6 Å². The third-order valence-corrected chi connectivity index (χ3v) is 5.33. The highest BCUT2D eigenvalue weighted by Gasteiger charge is 2.22. The van der Waals surface area contributed by atoms with Gasteiger partial charge in [0.15, 0.2) is 0 Å². The summed E-state index contributed by atoms with van der Waals surface area (Å²) in [5.41, 5.74) is 3.16. The number of hydrogen-bond acceptors (Lipinski definition) is 4. The summed E-state index contributed by atoms with van der Waals surface area (Å²) in [6.45, 7) is 7.73. The number of carboxylic acids is 1. The lowest BCUT2D eigenvalue weighted by Gasteiger charge is -2.08. The summed E-state index contributed by atoms with van der Waals surface area (Å²) in [5, 5.41) is 13.4. The van der Waals surface area contributed by atoms with Gasteiger partial charge in [-0.1, -0.05) is 48.5 Å². The molecule has 2 N–H and O–H groups in total. The zero-order valence-electron chi connectivity index (χ0n) is 17.7. The summed E-state index contributed by atoms with van der Waals surface area (Å²) < 4.78 is 10.6. The number of halogens is 1. The highest BCUT2D eigenvalue weighted by Crippen LogP contribution is 2.34. The summed E-state index contributed by atoms with van der Waals surface area (Å²) in [5.74, 6) is -1.22. The van der Waals surface area contributed by atoms with Gasteiger partial charge in [0.05, 0.1) is 12.9 Å². The second kappa shape index (κ2) is 10.2. The molecular formula is C25H24ClNO5. The Balaban J connectivity index is 1.76. The number of ether oxygens (including phenoxy) is 1. The number of nitrogens with one attached hydrogen (secondary N) is 1. The molecule has 3 rings (SSSR count). The number of carboxylic acid groups (broad SMARTS) is 1. The van der Waals surface area contributed by atoms with Crippen LogP contribution in [0.4, 0.5) is 5.69 Å². The van der Waals surface area contributed by atoms with E-state index >= 15 is 0 Å². The molecule has 0 radical (unpaired) electrons. The minimum atomic E-state index is -1.26. The Hall–Kier alpha value is -3.51. The van der Waals surface area contributed by atoms with Gasteiger partial charge in [-0.15, -0.1) is 0 Å². The number of benzene rings is 2. The maximum atomic E-state index is 12.5. The number of aromatic carboxylic acids is 1. The topological polar surface area (TPSA) is 88.8 Å². The van der Waals surface area contributed by atoms with E-state index in [0.717, 1.165) is 16.7 Å². The molecule has 0 aliphatic carbocycles. The van der Waals surface area contributed by atoms with Crippen LogP contribution in [0.15, 0.2) is 71.4 Å². The monoisotopic (exact) mass is 453 g/mol. The minimum absolute atomic E-state index is 0.151. The minimum Gasteiger partial charge on any atom is -0.502 e. The van der Waals surface area contributed by atoms with Gasteiger partial charge in [-0.25, -0.2) is 4.79 Å². The molecule has 1 heterocycles. The van der Waals surface area contributed by atoms with Crippen molar-refractivity contribution in [2.24, 2.45) is 0 Å². The average molecular weight is 454 g/mol. The van der Waals surface area contributed by atoms with E-state index in [2.05, 4.69) is 18.5 Å². The molecular weight excluding hydrogens is 430 g/mol. The van der Waals surface area contributed by atoms with Crippen molar-refractivity contribution in [3.63, 3.8) is 0 Å². The fraction of sp³-hybridized carbons (Fsp3) is 0.200. The Morgan fingerprint density at radius 3 is 2.34 bits per heavy atom. The van der Waals surface area contributed by atoms with Crippen molar-refractivity contribution >= 4 is 40.1 Å². The first-order valence-electron chi connectivity index (χ1n) is 10.0. The number of fused-ring (bicyclic) bond motifs is 1. The maximum absolute atomic E-state index is 12.5. The fourth-order valence-electron chi connectivity index (χ4n) is 3.23. The van der Waals surface area contributed by atoms with Gasteiger partial charge in [0.25, 0.3) is 0 Å². The van der Waals surface area contributed by atoms with Crippen LogP contribution in [0, 0.1) is 0 Å². The first-order chi connectivity index (χ1) is 15.3. The molecule has 0 fully saturated rings. The van der Waals surface area contributed by atoms with Crippen LogP contribution in [-0.4, -0.2) is 24.1 Å². The van der Waals surface area contributed by atoms with E-state index in [0.29, 0.717) is 41.0 Å². The van der Waals surface area contributed by atoms with Gasteiger partial charge in [0, 0.05) is 23.3 Å². The van der Waals surface area contributed by atoms with E-state index in [4.69, 9.17) is 20.8 Å². The zero-order chi connectivity index (χ0) is 23.3. The Bertz CT molecular complexity index is 1180. The summed E-state index contributed by atoms with van der Waals surface area (Å²) in [4.78, 5) is 24.2. The lowest BCUT2D eigenvalue weighted by molar-refractivity contribution is -0.116. The van der Waals surface area contributed by atoms with Gasteiger partial charge >= 0.3 is 5.97 Å². The molecule has 0 saturated heterocycles. The number of carbonyl (C=O) groups excluding carboxylic acids is 1. The van der Waals surface area contributed by atoms with Crippen molar-refractivity contribution in [1.29, 1.82) is 0 Å². The van der Waals surface area contributed by atoms with Gasteiger partial charge in [-0.05, 0) is 48.2 Å². The quantitative estimate of drug-likeness (QED) is 0.264. The molecule has 1 amide bonds. The van der Waals surface area contributed by atoms with Crippen LogP contribution in [-0.2, 0) is 9.53 Å². The Labute approximate surface area is 191 Å². The van der Waals surface area contributed by atoms with Crippen LogP contribution in [0.2, 0.25) is 5.02 Å². The second-order valence-electron chi connectivity index (χ2n) is 7.37. The second-order valence-corrected chi connectivity index (χ2v) is 7.81. The molecule has 166 valence electrons. The molecule has 3 aromatic rings. The van der Waals surface area contributed by atoms with Crippen molar-refractivity contribution in [3.8, 4) is 11.1 Å². The third kappa shape index (κ3) is 5.59. The average Bonchev–Trinajstić information content (AvgIpc) is 3.14. The molecule has 2 aromatic carbocycles. The highest BCUT2D eigenvalue weighted by molar-refractivity contribution is 6.30. The number of carbonyl (C=O) groups is 2. The number of anilines is 1. The molecule has 32 heavy (non-hydrogen) atoms. The fourth-order valence-corrected chi connectivity index (χ4v) is 3.35. The van der Waals surface area contributed by atoms with E-state index in [-0.39, 0.29) is 23.8 Å². The van der Waals surface area contributed by atoms with E-state index in [1.165, 1.54) is 0 Å². The van der Waals surface area contributed by atoms with Crippen LogP contribution in [0.1, 0.15) is 36.2 Å². The van der Waals surface area contributed by atoms with Gasteiger partial charge in [-0.2, -0.15) is 0 Å². The molecule has 0 saturated carbocycles. The van der Waals surface area contributed by atoms with Crippen molar-refractivity contribution in [3.05, 3.63) is 77.7 Å². The maximum Gasteiger partial charge on any atom is 0.374 e.